The minimum absolute atomic E-state index is 0.00676. The minimum Gasteiger partial charge on any atom is -0.328 e. The zero-order chi connectivity index (χ0) is 8.27. The number of carbonyl (C=O) groups excluding carboxylic acids is 1. The molecule has 0 spiro atoms. The van der Waals surface area contributed by atoms with Crippen LogP contribution in [0.25, 0.3) is 0 Å². The van der Waals surface area contributed by atoms with Crippen molar-refractivity contribution >= 4 is 6.16 Å². The van der Waals surface area contributed by atoms with Crippen molar-refractivity contribution in [3.8, 4) is 0 Å². The minimum atomic E-state index is -1.43. The first-order valence-electron chi connectivity index (χ1n) is 3.90. The Bertz CT molecular complexity index is 143. The molecule has 0 heterocycles. The van der Waals surface area contributed by atoms with E-state index in [1.165, 1.54) is 0 Å². The molecule has 0 bridgehead atoms. The Balaban J connectivity index is 2.22. The van der Waals surface area contributed by atoms with Crippen molar-refractivity contribution in [1.29, 1.82) is 0 Å². The lowest BCUT2D eigenvalue weighted by molar-refractivity contribution is 0.211. The van der Waals surface area contributed by atoms with E-state index >= 15 is 0 Å². The highest BCUT2D eigenvalue weighted by Gasteiger charge is 2.19. The second kappa shape index (κ2) is 3.67. The van der Waals surface area contributed by atoms with Gasteiger partial charge in [-0.3, -0.25) is 0 Å². The number of rotatable bonds is 1. The Morgan fingerprint density at radius 2 is 1.91 bits per heavy atom. The Labute approximate surface area is 65.1 Å². The number of nitrogens with one attached hydrogen (secondary N) is 1. The van der Waals surface area contributed by atoms with Crippen LogP contribution >= 0.6 is 0 Å². The molecule has 0 aromatic heterocycles. The van der Waals surface area contributed by atoms with E-state index in [1.807, 2.05) is 0 Å². The first-order chi connectivity index (χ1) is 5.18. The van der Waals surface area contributed by atoms with Crippen molar-refractivity contribution in [3.63, 3.8) is 0 Å². The van der Waals surface area contributed by atoms with Gasteiger partial charge in [0.05, 0.1) is 0 Å². The molecule has 1 fully saturated rings. The van der Waals surface area contributed by atoms with Gasteiger partial charge in [0.2, 0.25) is 0 Å². The molecule has 3 N–H and O–H groups in total. The Morgan fingerprint density at radius 3 is 2.36 bits per heavy atom. The van der Waals surface area contributed by atoms with Gasteiger partial charge in [-0.15, -0.1) is 4.39 Å². The largest absolute Gasteiger partial charge is 0.397 e. The first-order valence-corrected chi connectivity index (χ1v) is 3.90. The van der Waals surface area contributed by atoms with Gasteiger partial charge < -0.3 is 11.1 Å². The molecule has 0 aliphatic heterocycles. The van der Waals surface area contributed by atoms with Crippen LogP contribution in [0.5, 0.6) is 0 Å². The Morgan fingerprint density at radius 1 is 1.36 bits per heavy atom. The smallest absolute Gasteiger partial charge is 0.328 e. The van der Waals surface area contributed by atoms with E-state index < -0.39 is 6.16 Å². The number of hydrogen-bond donors (Lipinski definition) is 2. The zero-order valence-corrected chi connectivity index (χ0v) is 6.35. The van der Waals surface area contributed by atoms with Gasteiger partial charge in [0.15, 0.2) is 0 Å². The van der Waals surface area contributed by atoms with Gasteiger partial charge in [0, 0.05) is 12.1 Å². The fourth-order valence-corrected chi connectivity index (χ4v) is 1.42. The summed E-state index contributed by atoms with van der Waals surface area (Å²) in [6.45, 7) is 0. The summed E-state index contributed by atoms with van der Waals surface area (Å²) in [4.78, 5) is 9.98. The van der Waals surface area contributed by atoms with Crippen LogP contribution in [0.15, 0.2) is 0 Å². The number of halogens is 1. The lowest BCUT2D eigenvalue weighted by Gasteiger charge is -2.25. The average Bonchev–Trinajstić information content (AvgIpc) is 1.93. The summed E-state index contributed by atoms with van der Waals surface area (Å²) in [5.41, 5.74) is 5.62. The maximum Gasteiger partial charge on any atom is 0.397 e. The van der Waals surface area contributed by atoms with Crippen LogP contribution in [-0.2, 0) is 0 Å². The van der Waals surface area contributed by atoms with E-state index in [0.717, 1.165) is 25.7 Å². The van der Waals surface area contributed by atoms with Gasteiger partial charge in [-0.25, -0.2) is 4.79 Å². The third-order valence-corrected chi connectivity index (χ3v) is 2.09. The molecular formula is C7H13FN2O. The quantitative estimate of drug-likeness (QED) is 0.443. The lowest BCUT2D eigenvalue weighted by Crippen LogP contribution is -2.38. The van der Waals surface area contributed by atoms with E-state index in [0.29, 0.717) is 0 Å². The molecule has 0 aromatic carbocycles. The standard InChI is InChI=1S/C7H13FN2O/c8-7(11)10-6-3-1-5(9)2-4-6/h5-6H,1-4,9H2,(H,10,11). The fourth-order valence-electron chi connectivity index (χ4n) is 1.42. The molecule has 64 valence electrons. The first kappa shape index (κ1) is 8.46. The SMILES string of the molecule is NC1CCC(NC(=O)F)CC1. The molecule has 0 atom stereocenters. The van der Waals surface area contributed by atoms with E-state index in [9.17, 15) is 9.18 Å². The van der Waals surface area contributed by atoms with Crippen molar-refractivity contribution < 1.29 is 9.18 Å². The molecule has 1 amide bonds. The third kappa shape index (κ3) is 2.84. The molecule has 1 saturated carbocycles. The van der Waals surface area contributed by atoms with Crippen molar-refractivity contribution in [2.24, 2.45) is 5.73 Å². The second-order valence-corrected chi connectivity index (χ2v) is 3.03. The van der Waals surface area contributed by atoms with Crippen molar-refractivity contribution in [1.82, 2.24) is 5.32 Å². The van der Waals surface area contributed by atoms with Crippen molar-refractivity contribution in [3.05, 3.63) is 0 Å². The van der Waals surface area contributed by atoms with E-state index in [1.54, 1.807) is 0 Å². The number of amides is 1. The maximum atomic E-state index is 11.8. The Hall–Kier alpha value is -0.640. The third-order valence-electron chi connectivity index (χ3n) is 2.09. The van der Waals surface area contributed by atoms with Crippen LogP contribution in [0.2, 0.25) is 0 Å². The summed E-state index contributed by atoms with van der Waals surface area (Å²) >= 11 is 0. The van der Waals surface area contributed by atoms with Crippen LogP contribution in [0.3, 0.4) is 0 Å². The summed E-state index contributed by atoms with van der Waals surface area (Å²) < 4.78 is 11.8. The highest BCUT2D eigenvalue weighted by atomic mass is 19.1. The molecule has 3 nitrogen and oxygen atoms in total. The molecule has 1 aliphatic rings. The highest BCUT2D eigenvalue weighted by molar-refractivity contribution is 5.65. The second-order valence-electron chi connectivity index (χ2n) is 3.03. The molecule has 11 heavy (non-hydrogen) atoms. The summed E-state index contributed by atoms with van der Waals surface area (Å²) in [5, 5.41) is 2.24. The normalized spacial score (nSPS) is 31.5. The van der Waals surface area contributed by atoms with Gasteiger partial charge in [-0.2, -0.15) is 0 Å². The van der Waals surface area contributed by atoms with Gasteiger partial charge in [0.25, 0.3) is 0 Å². The summed E-state index contributed by atoms with van der Waals surface area (Å²) in [6.07, 6.45) is 1.94. The molecule has 0 unspecified atom stereocenters. The average molecular weight is 160 g/mol. The monoisotopic (exact) mass is 160 g/mol. The van der Waals surface area contributed by atoms with Crippen molar-refractivity contribution in [2.75, 3.05) is 0 Å². The fraction of sp³-hybridized carbons (Fsp3) is 0.857. The van der Waals surface area contributed by atoms with Gasteiger partial charge in [-0.05, 0) is 25.7 Å². The molecule has 1 rings (SSSR count). The number of nitrogens with two attached hydrogens (primary N) is 1. The number of hydrogen-bond acceptors (Lipinski definition) is 2. The van der Waals surface area contributed by atoms with Crippen molar-refractivity contribution in [2.45, 2.75) is 37.8 Å². The topological polar surface area (TPSA) is 55.1 Å². The van der Waals surface area contributed by atoms with Crippen LogP contribution in [0, 0.1) is 0 Å². The van der Waals surface area contributed by atoms with E-state index in [4.69, 9.17) is 5.73 Å². The van der Waals surface area contributed by atoms with Gasteiger partial charge >= 0.3 is 6.16 Å². The summed E-state index contributed by atoms with van der Waals surface area (Å²) in [5.74, 6) is 0. The predicted molar refractivity (Wildman–Crippen MR) is 39.9 cm³/mol. The van der Waals surface area contributed by atoms with Crippen LogP contribution in [0.1, 0.15) is 25.7 Å². The molecule has 0 radical (unpaired) electrons. The van der Waals surface area contributed by atoms with E-state index in [-0.39, 0.29) is 12.1 Å². The van der Waals surface area contributed by atoms with Crippen LogP contribution in [-0.4, -0.2) is 18.2 Å². The predicted octanol–water partition coefficient (Wildman–Crippen LogP) is 0.935. The molecular weight excluding hydrogens is 147 g/mol. The highest BCUT2D eigenvalue weighted by Crippen LogP contribution is 2.16. The molecule has 4 heteroatoms. The molecule has 0 aromatic rings. The molecule has 1 aliphatic carbocycles. The maximum absolute atomic E-state index is 11.8. The summed E-state index contributed by atoms with van der Waals surface area (Å²) in [7, 11) is 0. The number of carbonyl (C=O) groups is 1. The van der Waals surface area contributed by atoms with Crippen LogP contribution < -0.4 is 11.1 Å². The van der Waals surface area contributed by atoms with Gasteiger partial charge in [-0.1, -0.05) is 0 Å². The lowest BCUT2D eigenvalue weighted by atomic mass is 9.92. The van der Waals surface area contributed by atoms with E-state index in [2.05, 4.69) is 5.32 Å². The zero-order valence-electron chi connectivity index (χ0n) is 6.35. The Kier molecular flexibility index (Phi) is 2.82. The van der Waals surface area contributed by atoms with Crippen LogP contribution in [0.4, 0.5) is 9.18 Å². The molecule has 0 saturated heterocycles. The summed E-state index contributed by atoms with van der Waals surface area (Å²) in [6, 6.07) is 0.245. The van der Waals surface area contributed by atoms with Gasteiger partial charge in [0.1, 0.15) is 0 Å².